The summed E-state index contributed by atoms with van der Waals surface area (Å²) in [6.07, 6.45) is 0.817. The maximum atomic E-state index is 11.8. The van der Waals surface area contributed by atoms with Crippen LogP contribution in [0.1, 0.15) is 25.0 Å². The van der Waals surface area contributed by atoms with Crippen LogP contribution in [0.2, 0.25) is 0 Å². The minimum Gasteiger partial charge on any atom is -0.450 e. The van der Waals surface area contributed by atoms with Gasteiger partial charge >= 0.3 is 6.09 Å². The first-order valence-electron chi connectivity index (χ1n) is 7.16. The molecule has 0 N–H and O–H groups in total. The summed E-state index contributed by atoms with van der Waals surface area (Å²) in [7, 11) is 2.10. The number of amides is 1. The average molecular weight is 272 g/mol. The summed E-state index contributed by atoms with van der Waals surface area (Å²) >= 11 is 0. The third kappa shape index (κ3) is 2.15. The van der Waals surface area contributed by atoms with Gasteiger partial charge in [0.1, 0.15) is 0 Å². The number of benzene rings is 1. The van der Waals surface area contributed by atoms with Crippen molar-refractivity contribution in [1.82, 2.24) is 9.47 Å². The number of hydrogen-bond acceptors (Lipinski definition) is 2. The quantitative estimate of drug-likeness (QED) is 0.841. The van der Waals surface area contributed by atoms with Crippen molar-refractivity contribution in [2.45, 2.75) is 19.3 Å². The van der Waals surface area contributed by atoms with E-state index in [2.05, 4.69) is 41.9 Å². The van der Waals surface area contributed by atoms with E-state index in [0.29, 0.717) is 12.5 Å². The van der Waals surface area contributed by atoms with Gasteiger partial charge in [0.15, 0.2) is 0 Å². The van der Waals surface area contributed by atoms with Gasteiger partial charge in [0.25, 0.3) is 0 Å². The number of aryl methyl sites for hydroxylation is 1. The number of aromatic nitrogens is 1. The summed E-state index contributed by atoms with van der Waals surface area (Å²) in [6.45, 7) is 3.82. The Bertz CT molecular complexity index is 632. The van der Waals surface area contributed by atoms with Crippen molar-refractivity contribution in [3.8, 4) is 0 Å². The Morgan fingerprint density at radius 1 is 1.40 bits per heavy atom. The molecule has 4 heteroatoms. The van der Waals surface area contributed by atoms with Gasteiger partial charge in [0.2, 0.25) is 0 Å². The maximum absolute atomic E-state index is 11.8. The first kappa shape index (κ1) is 13.0. The van der Waals surface area contributed by atoms with Crippen molar-refractivity contribution in [2.24, 2.45) is 7.05 Å². The van der Waals surface area contributed by atoms with E-state index >= 15 is 0 Å². The summed E-state index contributed by atoms with van der Waals surface area (Å²) in [6, 6.07) is 10.6. The lowest BCUT2D eigenvalue weighted by atomic mass is 10.0. The van der Waals surface area contributed by atoms with Gasteiger partial charge in [0, 0.05) is 37.3 Å². The summed E-state index contributed by atoms with van der Waals surface area (Å²) in [4.78, 5) is 13.6. The van der Waals surface area contributed by atoms with E-state index in [9.17, 15) is 4.79 Å². The van der Waals surface area contributed by atoms with Crippen LogP contribution in [0, 0.1) is 0 Å². The first-order chi connectivity index (χ1) is 9.70. The molecule has 1 aliphatic heterocycles. The second-order valence-corrected chi connectivity index (χ2v) is 5.32. The van der Waals surface area contributed by atoms with Crippen LogP contribution in [0.25, 0.3) is 10.9 Å². The van der Waals surface area contributed by atoms with Crippen LogP contribution in [0.5, 0.6) is 0 Å². The zero-order valence-corrected chi connectivity index (χ0v) is 12.0. The standard InChI is InChI=1S/C16H20N2O2/c1-3-20-16(19)18-9-8-13(11-18)15-10-12-6-4-5-7-14(12)17(15)2/h4-7,10,13H,3,8-9,11H2,1-2H3. The highest BCUT2D eigenvalue weighted by molar-refractivity contribution is 5.81. The van der Waals surface area contributed by atoms with Gasteiger partial charge in [-0.25, -0.2) is 4.79 Å². The molecular formula is C16H20N2O2. The number of rotatable bonds is 2. The van der Waals surface area contributed by atoms with Crippen molar-refractivity contribution in [3.05, 3.63) is 36.0 Å². The van der Waals surface area contributed by atoms with Gasteiger partial charge in [-0.2, -0.15) is 0 Å². The molecule has 0 saturated carbocycles. The lowest BCUT2D eigenvalue weighted by molar-refractivity contribution is 0.115. The minimum absolute atomic E-state index is 0.186. The number of carbonyl (C=O) groups excluding carboxylic acids is 1. The minimum atomic E-state index is -0.186. The lowest BCUT2D eigenvalue weighted by Gasteiger charge is -2.16. The van der Waals surface area contributed by atoms with Crippen LogP contribution in [-0.2, 0) is 11.8 Å². The van der Waals surface area contributed by atoms with Gasteiger partial charge < -0.3 is 14.2 Å². The number of fused-ring (bicyclic) bond motifs is 1. The summed E-state index contributed by atoms with van der Waals surface area (Å²) in [5.74, 6) is 0.400. The Balaban J connectivity index is 1.83. The molecule has 1 amide bonds. The molecule has 1 aromatic heterocycles. The van der Waals surface area contributed by atoms with Gasteiger partial charge in [0.05, 0.1) is 6.61 Å². The van der Waals surface area contributed by atoms with E-state index in [-0.39, 0.29) is 6.09 Å². The van der Waals surface area contributed by atoms with Crippen LogP contribution in [0.3, 0.4) is 0 Å². The SMILES string of the molecule is CCOC(=O)N1CCC(c2cc3ccccc3n2C)C1. The topological polar surface area (TPSA) is 34.5 Å². The predicted octanol–water partition coefficient (Wildman–Crippen LogP) is 3.12. The van der Waals surface area contributed by atoms with Crippen molar-refractivity contribution in [2.75, 3.05) is 19.7 Å². The molecule has 1 aliphatic rings. The third-order valence-electron chi connectivity index (χ3n) is 4.12. The Hall–Kier alpha value is -1.97. The normalized spacial score (nSPS) is 18.7. The first-order valence-corrected chi connectivity index (χ1v) is 7.16. The molecule has 0 spiro atoms. The molecule has 0 radical (unpaired) electrons. The Morgan fingerprint density at radius 2 is 2.20 bits per heavy atom. The highest BCUT2D eigenvalue weighted by atomic mass is 16.6. The van der Waals surface area contributed by atoms with Crippen LogP contribution in [-0.4, -0.2) is 35.3 Å². The molecule has 4 nitrogen and oxygen atoms in total. The molecule has 0 aliphatic carbocycles. The molecule has 2 heterocycles. The average Bonchev–Trinajstić information content (AvgIpc) is 3.05. The van der Waals surface area contributed by atoms with Gasteiger partial charge in [-0.15, -0.1) is 0 Å². The maximum Gasteiger partial charge on any atom is 0.409 e. The van der Waals surface area contributed by atoms with E-state index in [4.69, 9.17) is 4.74 Å². The Labute approximate surface area is 118 Å². The zero-order valence-electron chi connectivity index (χ0n) is 12.0. The van der Waals surface area contributed by atoms with Crippen LogP contribution in [0.15, 0.2) is 30.3 Å². The predicted molar refractivity (Wildman–Crippen MR) is 78.9 cm³/mol. The van der Waals surface area contributed by atoms with Crippen molar-refractivity contribution < 1.29 is 9.53 Å². The molecular weight excluding hydrogens is 252 g/mol. The lowest BCUT2D eigenvalue weighted by Crippen LogP contribution is -2.29. The molecule has 1 saturated heterocycles. The van der Waals surface area contributed by atoms with E-state index in [1.165, 1.54) is 16.6 Å². The number of likely N-dealkylation sites (tertiary alicyclic amines) is 1. The van der Waals surface area contributed by atoms with Crippen molar-refractivity contribution >= 4 is 17.0 Å². The molecule has 1 aromatic carbocycles. The molecule has 20 heavy (non-hydrogen) atoms. The van der Waals surface area contributed by atoms with Crippen LogP contribution >= 0.6 is 0 Å². The van der Waals surface area contributed by atoms with Gasteiger partial charge in [-0.1, -0.05) is 18.2 Å². The molecule has 1 fully saturated rings. The van der Waals surface area contributed by atoms with Gasteiger partial charge in [-0.05, 0) is 30.9 Å². The summed E-state index contributed by atoms with van der Waals surface area (Å²) < 4.78 is 7.32. The third-order valence-corrected chi connectivity index (χ3v) is 4.12. The van der Waals surface area contributed by atoms with E-state index in [0.717, 1.165) is 19.5 Å². The monoisotopic (exact) mass is 272 g/mol. The number of hydrogen-bond donors (Lipinski definition) is 0. The number of carbonyl (C=O) groups is 1. The van der Waals surface area contributed by atoms with Crippen LogP contribution in [0.4, 0.5) is 4.79 Å². The van der Waals surface area contributed by atoms with E-state index in [1.54, 1.807) is 0 Å². The molecule has 0 bridgehead atoms. The molecule has 2 aromatic rings. The number of ether oxygens (including phenoxy) is 1. The van der Waals surface area contributed by atoms with E-state index < -0.39 is 0 Å². The summed E-state index contributed by atoms with van der Waals surface area (Å²) in [5.41, 5.74) is 2.55. The Morgan fingerprint density at radius 3 is 2.95 bits per heavy atom. The van der Waals surface area contributed by atoms with Crippen LogP contribution < -0.4 is 0 Å². The van der Waals surface area contributed by atoms with Crippen molar-refractivity contribution in [3.63, 3.8) is 0 Å². The molecule has 106 valence electrons. The number of nitrogens with zero attached hydrogens (tertiary/aromatic N) is 2. The fourth-order valence-corrected chi connectivity index (χ4v) is 3.08. The Kier molecular flexibility index (Phi) is 3.38. The second-order valence-electron chi connectivity index (χ2n) is 5.32. The highest BCUT2D eigenvalue weighted by Crippen LogP contribution is 2.31. The zero-order chi connectivity index (χ0) is 14.1. The fraction of sp³-hybridized carbons (Fsp3) is 0.438. The summed E-state index contributed by atoms with van der Waals surface area (Å²) in [5, 5.41) is 1.26. The second kappa shape index (κ2) is 5.19. The van der Waals surface area contributed by atoms with Gasteiger partial charge in [-0.3, -0.25) is 0 Å². The molecule has 3 rings (SSSR count). The smallest absolute Gasteiger partial charge is 0.409 e. The van der Waals surface area contributed by atoms with E-state index in [1.807, 2.05) is 11.8 Å². The largest absolute Gasteiger partial charge is 0.450 e. The molecule has 1 unspecified atom stereocenters. The number of para-hydroxylation sites is 1. The fourth-order valence-electron chi connectivity index (χ4n) is 3.08. The highest BCUT2D eigenvalue weighted by Gasteiger charge is 2.29. The molecule has 1 atom stereocenters. The van der Waals surface area contributed by atoms with Crippen molar-refractivity contribution in [1.29, 1.82) is 0 Å².